The van der Waals surface area contributed by atoms with E-state index in [1.807, 2.05) is 39.0 Å². The van der Waals surface area contributed by atoms with E-state index >= 15 is 0 Å². The fourth-order valence-corrected chi connectivity index (χ4v) is 5.84. The Morgan fingerprint density at radius 3 is 2.62 bits per heavy atom. The first-order chi connectivity index (χ1) is 18.6. The Morgan fingerprint density at radius 2 is 1.92 bits per heavy atom. The number of rotatable bonds is 9. The highest BCUT2D eigenvalue weighted by Crippen LogP contribution is 2.39. The molecule has 10 heteroatoms. The third kappa shape index (κ3) is 7.63. The Hall–Kier alpha value is -2.85. The molecule has 39 heavy (non-hydrogen) atoms. The number of carbonyl (C=O) groups is 3. The monoisotopic (exact) mass is 546 g/mol. The van der Waals surface area contributed by atoms with Gasteiger partial charge in [0.25, 0.3) is 0 Å². The predicted octanol–water partition coefficient (Wildman–Crippen LogP) is 3.87. The van der Waals surface area contributed by atoms with Gasteiger partial charge in [-0.1, -0.05) is 18.2 Å². The molecule has 1 aromatic carbocycles. The zero-order valence-electron chi connectivity index (χ0n) is 23.3. The van der Waals surface area contributed by atoms with Crippen molar-refractivity contribution in [3.8, 4) is 5.75 Å². The van der Waals surface area contributed by atoms with Crippen LogP contribution in [0.1, 0.15) is 77.2 Å². The predicted molar refractivity (Wildman–Crippen MR) is 143 cm³/mol. The second-order valence-electron chi connectivity index (χ2n) is 11.8. The van der Waals surface area contributed by atoms with Gasteiger partial charge in [0.1, 0.15) is 18.0 Å². The fourth-order valence-electron chi connectivity index (χ4n) is 5.84. The molecule has 2 N–H and O–H groups in total. The highest BCUT2D eigenvalue weighted by atomic mass is 16.6. The zero-order chi connectivity index (χ0) is 28.0. The molecule has 0 bridgehead atoms. The topological polar surface area (TPSA) is 124 Å². The van der Waals surface area contributed by atoms with Gasteiger partial charge in [-0.3, -0.25) is 9.59 Å². The van der Waals surface area contributed by atoms with Crippen molar-refractivity contribution in [3.05, 3.63) is 29.8 Å². The summed E-state index contributed by atoms with van der Waals surface area (Å²) >= 11 is 0. The number of ether oxygens (including phenoxy) is 4. The summed E-state index contributed by atoms with van der Waals surface area (Å²) in [6, 6.07) is 7.60. The summed E-state index contributed by atoms with van der Waals surface area (Å²) in [4.78, 5) is 37.8. The van der Waals surface area contributed by atoms with Crippen LogP contribution >= 0.6 is 0 Å². The molecule has 1 spiro atoms. The second kappa shape index (κ2) is 12.6. The summed E-state index contributed by atoms with van der Waals surface area (Å²) < 4.78 is 23.6. The lowest BCUT2D eigenvalue weighted by molar-refractivity contribution is -0.138. The molecule has 2 heterocycles. The highest BCUT2D eigenvalue weighted by molar-refractivity contribution is 5.79. The number of para-hydroxylation sites is 1. The largest absolute Gasteiger partial charge is 0.493 e. The normalized spacial score (nSPS) is 27.3. The summed E-state index contributed by atoms with van der Waals surface area (Å²) in [6.45, 7) is 7.00. The molecule has 2 aliphatic heterocycles. The second-order valence-corrected chi connectivity index (χ2v) is 11.8. The van der Waals surface area contributed by atoms with E-state index in [-0.39, 0.29) is 31.1 Å². The number of nitrogens with zero attached hydrogens (tertiary/aromatic N) is 1. The van der Waals surface area contributed by atoms with Crippen LogP contribution in [0.2, 0.25) is 0 Å². The van der Waals surface area contributed by atoms with Crippen LogP contribution in [0.3, 0.4) is 0 Å². The van der Waals surface area contributed by atoms with E-state index in [1.165, 1.54) is 0 Å². The van der Waals surface area contributed by atoms with Crippen molar-refractivity contribution in [1.29, 1.82) is 0 Å². The lowest BCUT2D eigenvalue weighted by atomic mass is 9.82. The maximum atomic E-state index is 13.0. The lowest BCUT2D eigenvalue weighted by Gasteiger charge is -2.41. The molecule has 3 fully saturated rings. The van der Waals surface area contributed by atoms with Crippen LogP contribution in [0.4, 0.5) is 4.79 Å². The summed E-state index contributed by atoms with van der Waals surface area (Å²) in [7, 11) is 0. The van der Waals surface area contributed by atoms with Crippen LogP contribution in [-0.4, -0.2) is 84.2 Å². The molecule has 1 aromatic rings. The number of aliphatic carboxylic acids is 1. The van der Waals surface area contributed by atoms with Gasteiger partial charge in [0.15, 0.2) is 0 Å². The van der Waals surface area contributed by atoms with Crippen LogP contribution in [0, 0.1) is 0 Å². The standard InChI is InChI=1S/C29H42N2O8/c1-28(2,3)39-27(35)31-15-14-29(19-36-18-25(32)30-29)24(31)17-38-21-12-10-20(11-13-21)22-7-4-5-8-23(22)37-16-6-9-26(33)34/h4-5,7-8,20-21,24H,6,9-19H2,1-3H3,(H,30,32)(H,33,34)/t20-,21+,24?,29?. The molecule has 2 saturated heterocycles. The van der Waals surface area contributed by atoms with E-state index in [4.69, 9.17) is 24.1 Å². The van der Waals surface area contributed by atoms with E-state index < -0.39 is 23.2 Å². The molecule has 216 valence electrons. The van der Waals surface area contributed by atoms with Crippen molar-refractivity contribution in [2.45, 2.75) is 94.9 Å². The minimum absolute atomic E-state index is 0.0243. The van der Waals surface area contributed by atoms with Crippen LogP contribution < -0.4 is 10.1 Å². The maximum Gasteiger partial charge on any atom is 0.410 e. The highest BCUT2D eigenvalue weighted by Gasteiger charge is 2.53. The number of nitrogens with one attached hydrogen (secondary N) is 1. The first kappa shape index (κ1) is 29.1. The van der Waals surface area contributed by atoms with Gasteiger partial charge in [-0.05, 0) is 76.8 Å². The molecule has 1 saturated carbocycles. The van der Waals surface area contributed by atoms with Gasteiger partial charge >= 0.3 is 12.1 Å². The first-order valence-electron chi connectivity index (χ1n) is 14.0. The summed E-state index contributed by atoms with van der Waals surface area (Å²) in [5.41, 5.74) is -0.154. The molecule has 2 unspecified atom stereocenters. The number of likely N-dealkylation sites (tertiary alicyclic amines) is 1. The average Bonchev–Trinajstić information content (AvgIpc) is 3.21. The van der Waals surface area contributed by atoms with Crippen molar-refractivity contribution >= 4 is 18.0 Å². The Labute approximate surface area is 230 Å². The van der Waals surface area contributed by atoms with E-state index in [0.29, 0.717) is 45.1 Å². The molecule has 10 nitrogen and oxygen atoms in total. The maximum absolute atomic E-state index is 13.0. The van der Waals surface area contributed by atoms with Crippen molar-refractivity contribution in [2.24, 2.45) is 0 Å². The molecule has 3 aliphatic rings. The number of carbonyl (C=O) groups excluding carboxylic acids is 2. The van der Waals surface area contributed by atoms with E-state index in [2.05, 4.69) is 11.4 Å². The molecule has 0 radical (unpaired) electrons. The van der Waals surface area contributed by atoms with Gasteiger partial charge in [-0.25, -0.2) is 4.79 Å². The van der Waals surface area contributed by atoms with Crippen molar-refractivity contribution in [3.63, 3.8) is 0 Å². The van der Waals surface area contributed by atoms with Crippen molar-refractivity contribution < 1.29 is 38.4 Å². The van der Waals surface area contributed by atoms with Gasteiger partial charge in [0.2, 0.25) is 5.91 Å². The molecule has 4 rings (SSSR count). The third-order valence-electron chi connectivity index (χ3n) is 7.74. The number of benzene rings is 1. The number of morpholine rings is 1. The van der Waals surface area contributed by atoms with Gasteiger partial charge in [0, 0.05) is 13.0 Å². The van der Waals surface area contributed by atoms with Gasteiger partial charge < -0.3 is 34.3 Å². The van der Waals surface area contributed by atoms with Gasteiger partial charge in [-0.15, -0.1) is 0 Å². The van der Waals surface area contributed by atoms with Crippen LogP contribution in [0.15, 0.2) is 24.3 Å². The van der Waals surface area contributed by atoms with Crippen LogP contribution in [0.5, 0.6) is 5.75 Å². The van der Waals surface area contributed by atoms with E-state index in [1.54, 1.807) is 4.90 Å². The SMILES string of the molecule is CC(C)(C)OC(=O)N1CCC2(COCC(=O)N2)C1CO[C@H]1CC[C@@H](c2ccccc2OCCCC(=O)O)CC1. The minimum atomic E-state index is -0.818. The molecule has 2 amide bonds. The fraction of sp³-hybridized carbons (Fsp3) is 0.690. The quantitative estimate of drug-likeness (QED) is 0.448. The minimum Gasteiger partial charge on any atom is -0.493 e. The first-order valence-corrected chi connectivity index (χ1v) is 14.0. The third-order valence-corrected chi connectivity index (χ3v) is 7.74. The number of carboxylic acids is 1. The number of amides is 2. The Balaban J connectivity index is 1.35. The Kier molecular flexibility index (Phi) is 9.38. The van der Waals surface area contributed by atoms with Crippen molar-refractivity contribution in [2.75, 3.05) is 33.0 Å². The summed E-state index contributed by atoms with van der Waals surface area (Å²) in [6.07, 6.45) is 4.39. The lowest BCUT2D eigenvalue weighted by Crippen LogP contribution is -2.65. The van der Waals surface area contributed by atoms with Crippen LogP contribution in [-0.2, 0) is 23.8 Å². The van der Waals surface area contributed by atoms with Crippen LogP contribution in [0.25, 0.3) is 0 Å². The molecular formula is C29H42N2O8. The number of carboxylic acid groups (broad SMARTS) is 1. The smallest absolute Gasteiger partial charge is 0.410 e. The average molecular weight is 547 g/mol. The summed E-state index contributed by atoms with van der Waals surface area (Å²) in [5.74, 6) is 0.159. The van der Waals surface area contributed by atoms with E-state index in [9.17, 15) is 14.4 Å². The molecule has 2 atom stereocenters. The zero-order valence-corrected chi connectivity index (χ0v) is 23.3. The molecule has 0 aromatic heterocycles. The Morgan fingerprint density at radius 1 is 1.18 bits per heavy atom. The molecule has 1 aliphatic carbocycles. The van der Waals surface area contributed by atoms with Gasteiger partial charge in [0.05, 0.1) is 37.5 Å². The van der Waals surface area contributed by atoms with Gasteiger partial charge in [-0.2, -0.15) is 0 Å². The number of hydrogen-bond donors (Lipinski definition) is 2. The Bertz CT molecular complexity index is 1020. The van der Waals surface area contributed by atoms with Crippen molar-refractivity contribution in [1.82, 2.24) is 10.2 Å². The summed E-state index contributed by atoms with van der Waals surface area (Å²) in [5, 5.41) is 12.0. The molecular weight excluding hydrogens is 504 g/mol. The van der Waals surface area contributed by atoms with E-state index in [0.717, 1.165) is 37.0 Å². The number of hydrogen-bond acceptors (Lipinski definition) is 7.